The van der Waals surface area contributed by atoms with Gasteiger partial charge in [0.05, 0.1) is 9.92 Å². The number of hydrogen-bond donors (Lipinski definition) is 2. The van der Waals surface area contributed by atoms with Crippen LogP contribution >= 0.6 is 11.6 Å². The lowest BCUT2D eigenvalue weighted by Crippen LogP contribution is -2.44. The fourth-order valence-corrected chi connectivity index (χ4v) is 5.75. The average Bonchev–Trinajstić information content (AvgIpc) is 3.31. The molecule has 0 radical (unpaired) electrons. The number of esters is 1. The molecule has 0 aliphatic rings. The van der Waals surface area contributed by atoms with Gasteiger partial charge in [-0.15, -0.1) is 0 Å². The van der Waals surface area contributed by atoms with Gasteiger partial charge >= 0.3 is 11.6 Å². The Balaban J connectivity index is 1.51. The van der Waals surface area contributed by atoms with Crippen molar-refractivity contribution in [3.8, 4) is 5.75 Å². The number of carbonyl (C=O) groups is 1. The van der Waals surface area contributed by atoms with Gasteiger partial charge in [0.2, 0.25) is 10.0 Å². The topological polar surface area (TPSA) is 118 Å². The van der Waals surface area contributed by atoms with Crippen molar-refractivity contribution >= 4 is 49.5 Å². The van der Waals surface area contributed by atoms with Gasteiger partial charge in [-0.2, -0.15) is 4.72 Å². The van der Waals surface area contributed by atoms with Gasteiger partial charge in [0.1, 0.15) is 11.6 Å². The zero-order valence-corrected chi connectivity index (χ0v) is 22.9. The third-order valence-corrected chi connectivity index (χ3v) is 8.52. The second-order valence-electron chi connectivity index (χ2n) is 9.39. The number of ether oxygens (including phenoxy) is 1. The fourth-order valence-electron chi connectivity index (χ4n) is 4.37. The second-order valence-corrected chi connectivity index (χ2v) is 11.5. The Morgan fingerprint density at radius 3 is 2.49 bits per heavy atom. The van der Waals surface area contributed by atoms with E-state index in [2.05, 4.69) is 9.71 Å². The lowest BCUT2D eigenvalue weighted by Gasteiger charge is -2.18. The molecule has 39 heavy (non-hydrogen) atoms. The van der Waals surface area contributed by atoms with E-state index >= 15 is 0 Å². The van der Waals surface area contributed by atoms with Gasteiger partial charge in [-0.3, -0.25) is 0 Å². The Labute approximate surface area is 229 Å². The van der Waals surface area contributed by atoms with Gasteiger partial charge < -0.3 is 14.1 Å². The van der Waals surface area contributed by atoms with Crippen molar-refractivity contribution in [3.05, 3.63) is 105 Å². The zero-order valence-electron chi connectivity index (χ0n) is 21.4. The number of H-pyrrole nitrogens is 1. The van der Waals surface area contributed by atoms with Crippen LogP contribution in [0.5, 0.6) is 5.75 Å². The second kappa shape index (κ2) is 10.3. The molecule has 10 heteroatoms. The molecule has 2 heterocycles. The maximum Gasteiger partial charge on any atom is 0.339 e. The summed E-state index contributed by atoms with van der Waals surface area (Å²) in [5, 5.41) is 1.56. The molecule has 1 atom stereocenters. The summed E-state index contributed by atoms with van der Waals surface area (Å²) in [6, 6.07) is 15.4. The predicted molar refractivity (Wildman–Crippen MR) is 150 cm³/mol. The summed E-state index contributed by atoms with van der Waals surface area (Å²) in [6.45, 7) is 5.27. The summed E-state index contributed by atoms with van der Waals surface area (Å²) in [5.41, 5.74) is 3.30. The van der Waals surface area contributed by atoms with E-state index in [1.54, 1.807) is 38.2 Å². The van der Waals surface area contributed by atoms with Gasteiger partial charge in [-0.05, 0) is 56.2 Å². The standard InChI is InChI=1S/C29H25ClN2O6S/c1-16-8-10-20(11-9-16)39(35,36)32-25(12-19-15-31-24-7-5-4-6-21(19)24)29(34)38-27-14-26-22(13-23(27)30)17(2)18(3)28(33)37-26/h4-11,13-15,25,31-32H,12H2,1-3H3/t25-/m0/s1. The van der Waals surface area contributed by atoms with Gasteiger partial charge in [-0.25, -0.2) is 18.0 Å². The molecule has 8 nitrogen and oxygen atoms in total. The molecule has 3 aromatic carbocycles. The lowest BCUT2D eigenvalue weighted by molar-refractivity contribution is -0.136. The minimum atomic E-state index is -4.08. The molecule has 0 saturated heterocycles. The largest absolute Gasteiger partial charge is 0.424 e. The molecule has 0 aliphatic carbocycles. The van der Waals surface area contributed by atoms with E-state index in [0.717, 1.165) is 22.0 Å². The van der Waals surface area contributed by atoms with E-state index in [-0.39, 0.29) is 27.7 Å². The van der Waals surface area contributed by atoms with Crippen molar-refractivity contribution in [2.75, 3.05) is 0 Å². The first kappa shape index (κ1) is 26.7. The summed E-state index contributed by atoms with van der Waals surface area (Å²) in [5.74, 6) is -0.928. The Kier molecular flexibility index (Phi) is 7.07. The first-order valence-electron chi connectivity index (χ1n) is 12.1. The summed E-state index contributed by atoms with van der Waals surface area (Å²) < 4.78 is 40.0. The number of hydrogen-bond acceptors (Lipinski definition) is 6. The molecule has 0 saturated carbocycles. The van der Waals surface area contributed by atoms with Crippen molar-refractivity contribution in [2.24, 2.45) is 0 Å². The third-order valence-electron chi connectivity index (χ3n) is 6.73. The van der Waals surface area contributed by atoms with Crippen LogP contribution in [0.1, 0.15) is 22.3 Å². The number of sulfonamides is 1. The molecule has 2 aromatic heterocycles. The van der Waals surface area contributed by atoms with Gasteiger partial charge in [0, 0.05) is 40.5 Å². The monoisotopic (exact) mass is 564 g/mol. The molecule has 200 valence electrons. The number of para-hydroxylation sites is 1. The van der Waals surface area contributed by atoms with Crippen LogP contribution in [0, 0.1) is 20.8 Å². The first-order chi connectivity index (χ1) is 18.5. The Morgan fingerprint density at radius 1 is 1.03 bits per heavy atom. The maximum absolute atomic E-state index is 13.5. The molecule has 0 unspecified atom stereocenters. The highest BCUT2D eigenvalue weighted by Crippen LogP contribution is 2.32. The molecular formula is C29H25ClN2O6S. The van der Waals surface area contributed by atoms with Crippen LogP contribution in [0.4, 0.5) is 0 Å². The van der Waals surface area contributed by atoms with E-state index in [1.807, 2.05) is 31.2 Å². The van der Waals surface area contributed by atoms with Crippen LogP contribution < -0.4 is 15.1 Å². The van der Waals surface area contributed by atoms with Crippen molar-refractivity contribution in [1.82, 2.24) is 9.71 Å². The number of benzene rings is 3. The quantitative estimate of drug-likeness (QED) is 0.156. The highest BCUT2D eigenvalue weighted by atomic mass is 35.5. The third kappa shape index (κ3) is 5.34. The number of aromatic nitrogens is 1. The Bertz CT molecular complexity index is 1890. The number of aryl methyl sites for hydroxylation is 2. The number of fused-ring (bicyclic) bond motifs is 2. The van der Waals surface area contributed by atoms with Crippen molar-refractivity contribution < 1.29 is 22.4 Å². The summed E-state index contributed by atoms with van der Waals surface area (Å²) in [6.07, 6.45) is 1.74. The van der Waals surface area contributed by atoms with E-state index in [9.17, 15) is 18.0 Å². The van der Waals surface area contributed by atoms with E-state index in [4.69, 9.17) is 20.8 Å². The maximum atomic E-state index is 13.5. The molecular weight excluding hydrogens is 540 g/mol. The molecule has 0 amide bonds. The fraction of sp³-hybridized carbons (Fsp3) is 0.172. The minimum Gasteiger partial charge on any atom is -0.424 e. The Hall–Kier alpha value is -3.92. The van der Waals surface area contributed by atoms with Crippen LogP contribution in [-0.4, -0.2) is 25.4 Å². The number of halogens is 1. The summed E-state index contributed by atoms with van der Waals surface area (Å²) >= 11 is 6.44. The summed E-state index contributed by atoms with van der Waals surface area (Å²) in [7, 11) is -4.08. The predicted octanol–water partition coefficient (Wildman–Crippen LogP) is 5.35. The normalized spacial score (nSPS) is 12.6. The molecule has 0 bridgehead atoms. The number of nitrogens with one attached hydrogen (secondary N) is 2. The molecule has 0 aliphatic heterocycles. The Morgan fingerprint density at radius 2 is 1.74 bits per heavy atom. The van der Waals surface area contributed by atoms with Crippen LogP contribution in [0.2, 0.25) is 5.02 Å². The van der Waals surface area contributed by atoms with Crippen LogP contribution in [0.15, 0.2) is 81.0 Å². The van der Waals surface area contributed by atoms with E-state index < -0.39 is 27.7 Å². The lowest BCUT2D eigenvalue weighted by atomic mass is 10.1. The van der Waals surface area contributed by atoms with Crippen molar-refractivity contribution in [3.63, 3.8) is 0 Å². The minimum absolute atomic E-state index is 0.00647. The molecule has 0 spiro atoms. The van der Waals surface area contributed by atoms with Gasteiger partial charge in [-0.1, -0.05) is 47.5 Å². The van der Waals surface area contributed by atoms with Crippen LogP contribution in [0.3, 0.4) is 0 Å². The number of rotatable bonds is 7. The first-order valence-corrected chi connectivity index (χ1v) is 14.0. The van der Waals surface area contributed by atoms with Gasteiger partial charge in [0.25, 0.3) is 0 Å². The molecule has 5 rings (SSSR count). The van der Waals surface area contributed by atoms with Gasteiger partial charge in [0.15, 0.2) is 5.75 Å². The number of aromatic amines is 1. The summed E-state index contributed by atoms with van der Waals surface area (Å²) in [4.78, 5) is 28.8. The SMILES string of the molecule is Cc1ccc(S(=O)(=O)N[C@@H](Cc2c[nH]c3ccccc23)C(=O)Oc2cc3oc(=O)c(C)c(C)c3cc2Cl)cc1. The molecule has 0 fully saturated rings. The average molecular weight is 565 g/mol. The van der Waals surface area contributed by atoms with Crippen molar-refractivity contribution in [2.45, 2.75) is 38.1 Å². The van der Waals surface area contributed by atoms with E-state index in [1.165, 1.54) is 18.2 Å². The highest BCUT2D eigenvalue weighted by Gasteiger charge is 2.29. The van der Waals surface area contributed by atoms with Crippen LogP contribution in [-0.2, 0) is 21.2 Å². The van der Waals surface area contributed by atoms with E-state index in [0.29, 0.717) is 16.5 Å². The van der Waals surface area contributed by atoms with Crippen molar-refractivity contribution in [1.29, 1.82) is 0 Å². The molecule has 5 aromatic rings. The smallest absolute Gasteiger partial charge is 0.339 e. The zero-order chi connectivity index (χ0) is 27.9. The van der Waals surface area contributed by atoms with Crippen LogP contribution in [0.25, 0.3) is 21.9 Å². The highest BCUT2D eigenvalue weighted by molar-refractivity contribution is 7.89. The number of carbonyl (C=O) groups excluding carboxylic acids is 1. The molecule has 2 N–H and O–H groups in total.